The molecule has 0 unspecified atom stereocenters. The number of rotatable bonds is 3. The summed E-state index contributed by atoms with van der Waals surface area (Å²) in [5.74, 6) is 0. The van der Waals surface area contributed by atoms with E-state index in [1.807, 2.05) is 18.3 Å². The summed E-state index contributed by atoms with van der Waals surface area (Å²) in [6.07, 6.45) is 4.83. The van der Waals surface area contributed by atoms with Crippen LogP contribution in [0.15, 0.2) is 24.4 Å². The Morgan fingerprint density at radius 3 is 2.76 bits per heavy atom. The molecule has 90 valence electrons. The van der Waals surface area contributed by atoms with Gasteiger partial charge in [-0.05, 0) is 45.0 Å². The average molecular weight is 229 g/mol. The number of hydrogen-bond donors (Lipinski definition) is 0. The van der Waals surface area contributed by atoms with Crippen molar-refractivity contribution >= 4 is 0 Å². The van der Waals surface area contributed by atoms with E-state index in [1.165, 1.54) is 0 Å². The zero-order valence-corrected chi connectivity index (χ0v) is 10.4. The van der Waals surface area contributed by atoms with E-state index in [0.717, 1.165) is 44.6 Å². The van der Waals surface area contributed by atoms with Gasteiger partial charge in [0.15, 0.2) is 0 Å². The van der Waals surface area contributed by atoms with Crippen LogP contribution >= 0.6 is 0 Å². The van der Waals surface area contributed by atoms with Crippen LogP contribution in [-0.2, 0) is 6.42 Å². The van der Waals surface area contributed by atoms with Crippen LogP contribution in [0.1, 0.15) is 25.5 Å². The van der Waals surface area contributed by atoms with Crippen molar-refractivity contribution in [2.24, 2.45) is 5.41 Å². The molecule has 0 spiro atoms. The SMILES string of the molecule is CC1(C#N)CCN(CCc2ccccn2)CC1. The lowest BCUT2D eigenvalue weighted by molar-refractivity contribution is 0.158. The highest BCUT2D eigenvalue weighted by Crippen LogP contribution is 2.29. The van der Waals surface area contributed by atoms with Crippen LogP contribution in [-0.4, -0.2) is 29.5 Å². The van der Waals surface area contributed by atoms with Gasteiger partial charge in [0, 0.05) is 24.9 Å². The van der Waals surface area contributed by atoms with Gasteiger partial charge < -0.3 is 4.90 Å². The summed E-state index contributed by atoms with van der Waals surface area (Å²) in [5, 5.41) is 9.07. The second kappa shape index (κ2) is 5.29. The lowest BCUT2D eigenvalue weighted by Crippen LogP contribution is -2.39. The molecule has 1 aliphatic heterocycles. The minimum atomic E-state index is -0.0957. The first-order chi connectivity index (χ1) is 8.22. The van der Waals surface area contributed by atoms with Gasteiger partial charge in [0.05, 0.1) is 11.5 Å². The number of aromatic nitrogens is 1. The van der Waals surface area contributed by atoms with Gasteiger partial charge in [0.1, 0.15) is 0 Å². The molecule has 0 amide bonds. The second-order valence-electron chi connectivity index (χ2n) is 5.09. The summed E-state index contributed by atoms with van der Waals surface area (Å²) in [4.78, 5) is 6.77. The Balaban J connectivity index is 1.78. The van der Waals surface area contributed by atoms with Gasteiger partial charge in [0.2, 0.25) is 0 Å². The van der Waals surface area contributed by atoms with Crippen LogP contribution in [0.5, 0.6) is 0 Å². The van der Waals surface area contributed by atoms with Gasteiger partial charge >= 0.3 is 0 Å². The molecular weight excluding hydrogens is 210 g/mol. The van der Waals surface area contributed by atoms with Crippen molar-refractivity contribution in [1.29, 1.82) is 5.26 Å². The largest absolute Gasteiger partial charge is 0.303 e. The van der Waals surface area contributed by atoms with Crippen LogP contribution < -0.4 is 0 Å². The van der Waals surface area contributed by atoms with Crippen molar-refractivity contribution in [3.8, 4) is 6.07 Å². The van der Waals surface area contributed by atoms with E-state index in [1.54, 1.807) is 0 Å². The minimum Gasteiger partial charge on any atom is -0.303 e. The van der Waals surface area contributed by atoms with E-state index in [2.05, 4.69) is 28.9 Å². The lowest BCUT2D eigenvalue weighted by atomic mass is 9.82. The highest BCUT2D eigenvalue weighted by atomic mass is 15.1. The maximum atomic E-state index is 9.07. The van der Waals surface area contributed by atoms with E-state index in [9.17, 15) is 0 Å². The van der Waals surface area contributed by atoms with Crippen molar-refractivity contribution < 1.29 is 0 Å². The van der Waals surface area contributed by atoms with Gasteiger partial charge in [0.25, 0.3) is 0 Å². The fourth-order valence-electron chi connectivity index (χ4n) is 2.20. The Hall–Kier alpha value is -1.40. The second-order valence-corrected chi connectivity index (χ2v) is 5.09. The molecule has 1 saturated heterocycles. The Bertz CT molecular complexity index is 386. The topological polar surface area (TPSA) is 39.9 Å². The standard InChI is InChI=1S/C14H19N3/c1-14(12-15)6-10-17(11-7-14)9-5-13-4-2-3-8-16-13/h2-4,8H,5-7,9-11H2,1H3. The molecule has 0 aliphatic carbocycles. The lowest BCUT2D eigenvalue weighted by Gasteiger charge is -2.34. The maximum absolute atomic E-state index is 9.07. The molecule has 3 nitrogen and oxygen atoms in total. The molecule has 1 aromatic rings. The summed E-state index contributed by atoms with van der Waals surface area (Å²) in [6, 6.07) is 8.49. The van der Waals surface area contributed by atoms with Crippen LogP contribution in [0.2, 0.25) is 0 Å². The molecule has 1 aliphatic rings. The first kappa shape index (κ1) is 12.1. The quantitative estimate of drug-likeness (QED) is 0.798. The summed E-state index contributed by atoms with van der Waals surface area (Å²) >= 11 is 0. The van der Waals surface area contributed by atoms with Crippen molar-refractivity contribution in [3.63, 3.8) is 0 Å². The third-order valence-electron chi connectivity index (χ3n) is 3.64. The summed E-state index contributed by atoms with van der Waals surface area (Å²) in [7, 11) is 0. The third kappa shape index (κ3) is 3.28. The molecule has 0 atom stereocenters. The van der Waals surface area contributed by atoms with Gasteiger partial charge in [-0.2, -0.15) is 5.26 Å². The van der Waals surface area contributed by atoms with Crippen molar-refractivity contribution in [2.45, 2.75) is 26.2 Å². The fourth-order valence-corrected chi connectivity index (χ4v) is 2.20. The summed E-state index contributed by atoms with van der Waals surface area (Å²) in [6.45, 7) is 5.20. The number of likely N-dealkylation sites (tertiary alicyclic amines) is 1. The zero-order valence-electron chi connectivity index (χ0n) is 10.4. The van der Waals surface area contributed by atoms with Crippen LogP contribution in [0.3, 0.4) is 0 Å². The average Bonchev–Trinajstić information content (AvgIpc) is 2.39. The van der Waals surface area contributed by atoms with E-state index < -0.39 is 0 Å². The highest BCUT2D eigenvalue weighted by molar-refractivity contribution is 5.04. The zero-order chi connectivity index (χ0) is 12.1. The Labute approximate surface area is 103 Å². The maximum Gasteiger partial charge on any atom is 0.0687 e. The number of hydrogen-bond acceptors (Lipinski definition) is 3. The number of nitrogens with zero attached hydrogens (tertiary/aromatic N) is 3. The number of pyridine rings is 1. The van der Waals surface area contributed by atoms with E-state index in [-0.39, 0.29) is 5.41 Å². The fraction of sp³-hybridized carbons (Fsp3) is 0.571. The van der Waals surface area contributed by atoms with E-state index >= 15 is 0 Å². The molecule has 0 aromatic carbocycles. The molecule has 0 saturated carbocycles. The number of piperidine rings is 1. The van der Waals surface area contributed by atoms with Gasteiger partial charge in [-0.25, -0.2) is 0 Å². The molecule has 1 aromatic heterocycles. The smallest absolute Gasteiger partial charge is 0.0687 e. The Morgan fingerprint density at radius 2 is 2.18 bits per heavy atom. The van der Waals surface area contributed by atoms with Crippen LogP contribution in [0.25, 0.3) is 0 Å². The van der Waals surface area contributed by atoms with Gasteiger partial charge in [-0.15, -0.1) is 0 Å². The molecule has 2 heterocycles. The van der Waals surface area contributed by atoms with Crippen LogP contribution in [0, 0.1) is 16.7 Å². The number of nitriles is 1. The molecule has 2 rings (SSSR count). The first-order valence-corrected chi connectivity index (χ1v) is 6.25. The normalized spacial score (nSPS) is 19.8. The van der Waals surface area contributed by atoms with Crippen molar-refractivity contribution in [1.82, 2.24) is 9.88 Å². The minimum absolute atomic E-state index is 0.0957. The summed E-state index contributed by atoms with van der Waals surface area (Å²) in [5.41, 5.74) is 1.06. The molecule has 17 heavy (non-hydrogen) atoms. The molecule has 0 N–H and O–H groups in total. The predicted molar refractivity (Wildman–Crippen MR) is 67.3 cm³/mol. The van der Waals surface area contributed by atoms with Crippen molar-refractivity contribution in [3.05, 3.63) is 30.1 Å². The van der Waals surface area contributed by atoms with E-state index in [0.29, 0.717) is 0 Å². The summed E-state index contributed by atoms with van der Waals surface area (Å²) < 4.78 is 0. The van der Waals surface area contributed by atoms with Gasteiger partial charge in [-0.1, -0.05) is 6.07 Å². The monoisotopic (exact) mass is 229 g/mol. The third-order valence-corrected chi connectivity index (χ3v) is 3.64. The van der Waals surface area contributed by atoms with Crippen molar-refractivity contribution in [2.75, 3.05) is 19.6 Å². The molecular formula is C14H19N3. The molecule has 3 heteroatoms. The Morgan fingerprint density at radius 1 is 1.41 bits per heavy atom. The first-order valence-electron chi connectivity index (χ1n) is 6.25. The van der Waals surface area contributed by atoms with E-state index in [4.69, 9.17) is 5.26 Å². The molecule has 1 fully saturated rings. The predicted octanol–water partition coefficient (Wildman–Crippen LogP) is 2.25. The molecule has 0 radical (unpaired) electrons. The Kier molecular flexibility index (Phi) is 3.75. The van der Waals surface area contributed by atoms with Crippen LogP contribution in [0.4, 0.5) is 0 Å². The molecule has 0 bridgehead atoms. The van der Waals surface area contributed by atoms with Gasteiger partial charge in [-0.3, -0.25) is 4.98 Å². The highest BCUT2D eigenvalue weighted by Gasteiger charge is 2.29.